The van der Waals surface area contributed by atoms with E-state index in [2.05, 4.69) is 17.6 Å². The summed E-state index contributed by atoms with van der Waals surface area (Å²) in [6, 6.07) is 16.8. The molecule has 3 rings (SSSR count). The molecule has 2 atom stereocenters. The first kappa shape index (κ1) is 34.9. The van der Waals surface area contributed by atoms with Crippen LogP contribution in [0.1, 0.15) is 84.2 Å². The fourth-order valence-corrected chi connectivity index (χ4v) is 5.09. The maximum atomic E-state index is 14.3. The zero-order valence-electron chi connectivity index (χ0n) is 26.7. The van der Waals surface area contributed by atoms with Crippen molar-refractivity contribution in [3.8, 4) is 5.75 Å². The van der Waals surface area contributed by atoms with Crippen LogP contribution in [0.15, 0.2) is 66.7 Å². The number of fused-ring (bicyclic) bond motifs is 1. The van der Waals surface area contributed by atoms with Gasteiger partial charge < -0.3 is 31.1 Å². The lowest BCUT2D eigenvalue weighted by Gasteiger charge is -2.34. The van der Waals surface area contributed by atoms with E-state index in [0.29, 0.717) is 17.7 Å². The van der Waals surface area contributed by atoms with E-state index in [9.17, 15) is 24.3 Å². The van der Waals surface area contributed by atoms with Crippen LogP contribution in [0.2, 0.25) is 0 Å². The number of alkyl carbamates (subject to hydrolysis) is 1. The maximum absolute atomic E-state index is 14.3. The van der Waals surface area contributed by atoms with E-state index in [-0.39, 0.29) is 12.3 Å². The molecular weight excluding hydrogens is 572 g/mol. The third kappa shape index (κ3) is 11.1. The van der Waals surface area contributed by atoms with E-state index in [4.69, 9.17) is 10.5 Å². The molecular formula is C35H46N4O6. The Balaban J connectivity index is 2.01. The first-order chi connectivity index (χ1) is 21.4. The van der Waals surface area contributed by atoms with Crippen molar-refractivity contribution in [3.63, 3.8) is 0 Å². The summed E-state index contributed by atoms with van der Waals surface area (Å²) >= 11 is 0. The molecule has 0 spiro atoms. The van der Waals surface area contributed by atoms with Gasteiger partial charge in [-0.15, -0.1) is 0 Å². The average molecular weight is 619 g/mol. The highest BCUT2D eigenvalue weighted by molar-refractivity contribution is 6.01. The number of nitrogens with zero attached hydrogens (tertiary/aromatic N) is 1. The molecule has 2 unspecified atom stereocenters. The Hall–Kier alpha value is -4.60. The Morgan fingerprint density at radius 2 is 1.53 bits per heavy atom. The number of phenolic OH excluding ortho intramolecular Hbond substituents is 1. The van der Waals surface area contributed by atoms with E-state index in [0.717, 1.165) is 42.9 Å². The molecule has 242 valence electrons. The molecule has 4 amide bonds. The monoisotopic (exact) mass is 618 g/mol. The number of rotatable bonds is 15. The Kier molecular flexibility index (Phi) is 12.8. The van der Waals surface area contributed by atoms with Gasteiger partial charge in [0.2, 0.25) is 11.8 Å². The number of anilines is 1. The van der Waals surface area contributed by atoms with Crippen molar-refractivity contribution in [2.75, 3.05) is 11.9 Å². The molecule has 0 fully saturated rings. The number of ether oxygens (including phenoxy) is 1. The highest BCUT2D eigenvalue weighted by Crippen LogP contribution is 2.28. The van der Waals surface area contributed by atoms with Gasteiger partial charge in [0, 0.05) is 12.2 Å². The smallest absolute Gasteiger partial charge is 0.408 e. The lowest BCUT2D eigenvalue weighted by atomic mass is 10.0. The minimum Gasteiger partial charge on any atom is -0.508 e. The van der Waals surface area contributed by atoms with Gasteiger partial charge in [-0.05, 0) is 67.8 Å². The van der Waals surface area contributed by atoms with E-state index >= 15 is 0 Å². The molecule has 0 saturated heterocycles. The molecule has 0 radical (unpaired) electrons. The highest BCUT2D eigenvalue weighted by atomic mass is 16.6. The zero-order valence-corrected chi connectivity index (χ0v) is 26.7. The topological polar surface area (TPSA) is 151 Å². The molecule has 0 saturated carbocycles. The molecule has 3 aromatic rings. The van der Waals surface area contributed by atoms with Crippen molar-refractivity contribution in [3.05, 3.63) is 72.3 Å². The van der Waals surface area contributed by atoms with E-state index in [1.807, 2.05) is 36.4 Å². The van der Waals surface area contributed by atoms with Gasteiger partial charge in [0.15, 0.2) is 0 Å². The van der Waals surface area contributed by atoms with Crippen molar-refractivity contribution >= 4 is 40.3 Å². The summed E-state index contributed by atoms with van der Waals surface area (Å²) in [6.07, 6.45) is 4.24. The average Bonchev–Trinajstić information content (AvgIpc) is 2.97. The number of nitrogens with one attached hydrogen (secondary N) is 2. The fourth-order valence-electron chi connectivity index (χ4n) is 5.09. The predicted molar refractivity (Wildman–Crippen MR) is 175 cm³/mol. The Bertz CT molecular complexity index is 1450. The number of hydrogen-bond donors (Lipinski definition) is 4. The molecule has 0 aliphatic carbocycles. The van der Waals surface area contributed by atoms with E-state index in [1.54, 1.807) is 39.0 Å². The van der Waals surface area contributed by atoms with E-state index in [1.165, 1.54) is 17.0 Å². The van der Waals surface area contributed by atoms with Gasteiger partial charge in [0.1, 0.15) is 23.4 Å². The Morgan fingerprint density at radius 1 is 0.889 bits per heavy atom. The minimum atomic E-state index is -1.37. The Morgan fingerprint density at radius 3 is 2.18 bits per heavy atom. The summed E-state index contributed by atoms with van der Waals surface area (Å²) < 4.78 is 5.36. The summed E-state index contributed by atoms with van der Waals surface area (Å²) in [4.78, 5) is 54.6. The van der Waals surface area contributed by atoms with Crippen molar-refractivity contribution in [2.24, 2.45) is 5.73 Å². The second kappa shape index (κ2) is 16.5. The van der Waals surface area contributed by atoms with Crippen molar-refractivity contribution in [1.82, 2.24) is 10.2 Å². The van der Waals surface area contributed by atoms with Crippen LogP contribution in [0, 0.1) is 0 Å². The molecule has 0 aliphatic rings. The van der Waals surface area contributed by atoms with Crippen molar-refractivity contribution in [2.45, 2.75) is 90.3 Å². The normalized spacial score (nSPS) is 12.6. The van der Waals surface area contributed by atoms with E-state index < -0.39 is 47.9 Å². The number of primary amides is 1. The van der Waals surface area contributed by atoms with Crippen molar-refractivity contribution < 1.29 is 29.0 Å². The van der Waals surface area contributed by atoms with Gasteiger partial charge in [-0.2, -0.15) is 0 Å². The summed E-state index contributed by atoms with van der Waals surface area (Å²) in [6.45, 7) is 7.35. The predicted octanol–water partition coefficient (Wildman–Crippen LogP) is 6.18. The molecule has 5 N–H and O–H groups in total. The third-order valence-corrected chi connectivity index (χ3v) is 7.22. The van der Waals surface area contributed by atoms with Gasteiger partial charge in [0.05, 0.1) is 6.42 Å². The van der Waals surface area contributed by atoms with Crippen LogP contribution in [-0.2, 0) is 19.1 Å². The van der Waals surface area contributed by atoms with Crippen LogP contribution in [0.25, 0.3) is 10.8 Å². The molecule has 0 aliphatic heterocycles. The zero-order chi connectivity index (χ0) is 33.0. The van der Waals surface area contributed by atoms with Crippen LogP contribution in [0.3, 0.4) is 0 Å². The third-order valence-electron chi connectivity index (χ3n) is 7.22. The highest BCUT2D eigenvalue weighted by Gasteiger charge is 2.37. The number of nitrogens with two attached hydrogens (primary N) is 1. The number of carbonyl (C=O) groups is 4. The number of unbranched alkanes of at least 4 members (excludes halogenated alkanes) is 5. The number of phenols is 1. The number of aromatic hydroxyl groups is 1. The molecule has 10 heteroatoms. The molecule has 0 aromatic heterocycles. The number of amides is 4. The summed E-state index contributed by atoms with van der Waals surface area (Å²) in [5, 5.41) is 17.4. The Labute approximate surface area is 265 Å². The van der Waals surface area contributed by atoms with Gasteiger partial charge in [-0.25, -0.2) is 4.79 Å². The first-order valence-corrected chi connectivity index (χ1v) is 15.5. The van der Waals surface area contributed by atoms with Crippen LogP contribution in [0.4, 0.5) is 10.5 Å². The molecule has 10 nitrogen and oxygen atoms in total. The van der Waals surface area contributed by atoms with Gasteiger partial charge in [-0.1, -0.05) is 81.5 Å². The number of carbonyl (C=O) groups excluding carboxylic acids is 4. The molecule has 0 heterocycles. The summed E-state index contributed by atoms with van der Waals surface area (Å²) in [5.74, 6) is -1.95. The molecule has 0 bridgehead atoms. The van der Waals surface area contributed by atoms with Gasteiger partial charge in [0.25, 0.3) is 5.91 Å². The number of benzene rings is 3. The fraction of sp³-hybridized carbons (Fsp3) is 0.429. The second-order valence-corrected chi connectivity index (χ2v) is 12.2. The minimum absolute atomic E-state index is 0.000523. The largest absolute Gasteiger partial charge is 0.508 e. The molecule has 45 heavy (non-hydrogen) atoms. The second-order valence-electron chi connectivity index (χ2n) is 12.2. The van der Waals surface area contributed by atoms with Crippen LogP contribution < -0.4 is 16.4 Å². The number of hydrogen-bond acceptors (Lipinski definition) is 6. The lowest BCUT2D eigenvalue weighted by molar-refractivity contribution is -0.142. The molecule has 3 aromatic carbocycles. The quantitative estimate of drug-likeness (QED) is 0.149. The summed E-state index contributed by atoms with van der Waals surface area (Å²) in [5.41, 5.74) is 5.64. The van der Waals surface area contributed by atoms with Crippen molar-refractivity contribution in [1.29, 1.82) is 0 Å². The maximum Gasteiger partial charge on any atom is 0.408 e. The van der Waals surface area contributed by atoms with Crippen LogP contribution in [0.5, 0.6) is 5.75 Å². The SMILES string of the molecule is CCCCCCCCN(C(=O)C(CC(N)=O)NC(=O)OC(C)(C)C)C(C(=O)Nc1ccc2ccccc2c1)c1ccc(O)cc1. The van der Waals surface area contributed by atoms with Crippen LogP contribution in [-0.4, -0.2) is 52.0 Å². The van der Waals surface area contributed by atoms with Gasteiger partial charge >= 0.3 is 6.09 Å². The van der Waals surface area contributed by atoms with Gasteiger partial charge in [-0.3, -0.25) is 14.4 Å². The van der Waals surface area contributed by atoms with Crippen LogP contribution >= 0.6 is 0 Å². The first-order valence-electron chi connectivity index (χ1n) is 15.5. The summed E-state index contributed by atoms with van der Waals surface area (Å²) in [7, 11) is 0. The lowest BCUT2D eigenvalue weighted by Crippen LogP contribution is -2.53. The standard InChI is InChI=1S/C35H46N4O6/c1-5-6-7-8-9-12-21-39(33(43)29(23-30(36)41)38-34(44)45-35(2,3)4)31(25-16-19-28(40)20-17-25)32(42)37-27-18-15-24-13-10-11-14-26(24)22-27/h10-11,13-20,22,29,31,40H,5-9,12,21,23H2,1-4H3,(H2,36,41)(H,37,42)(H,38,44).